The first-order chi connectivity index (χ1) is 24.5. The molecule has 1 unspecified atom stereocenters. The molecule has 0 spiro atoms. The molecule has 3 fully saturated rings. The summed E-state index contributed by atoms with van der Waals surface area (Å²) in [6, 6.07) is 14.1. The minimum Gasteiger partial charge on any atom is -0.387 e. The smallest absolute Gasteiger partial charge is 0.242 e. The second kappa shape index (κ2) is 18.4. The van der Waals surface area contributed by atoms with Crippen LogP contribution >= 0.6 is 11.2 Å². The van der Waals surface area contributed by atoms with Crippen LogP contribution in [-0.2, 0) is 32.0 Å². The molecule has 2 aromatic rings. The number of hydrogen-bond acceptors (Lipinski definition) is 9. The van der Waals surface area contributed by atoms with Gasteiger partial charge >= 0.3 is 0 Å². The lowest BCUT2D eigenvalue weighted by Crippen LogP contribution is -2.54. The summed E-state index contributed by atoms with van der Waals surface area (Å²) in [5.74, 6) is -0.0873. The van der Waals surface area contributed by atoms with Gasteiger partial charge in [-0.25, -0.2) is 0 Å². The number of nitrogens with one attached hydrogen (secondary N) is 1. The van der Waals surface area contributed by atoms with Crippen molar-refractivity contribution >= 4 is 28.9 Å². The molecular weight excluding hydrogens is 671 g/mol. The zero-order valence-corrected chi connectivity index (χ0v) is 30.8. The van der Waals surface area contributed by atoms with Gasteiger partial charge in [-0.15, -0.1) is 11.2 Å². The molecule has 0 radical (unpaired) electrons. The van der Waals surface area contributed by atoms with Gasteiger partial charge in [0, 0.05) is 65.0 Å². The molecule has 3 amide bonds. The molecule has 4 N–H and O–H groups in total. The maximum absolute atomic E-state index is 12.7. The van der Waals surface area contributed by atoms with E-state index in [0.717, 1.165) is 60.4 Å². The Bertz CT molecular complexity index is 1560. The molecule has 3 aliphatic rings. The summed E-state index contributed by atoms with van der Waals surface area (Å²) in [6.07, 6.45) is -1.28. The predicted molar refractivity (Wildman–Crippen MR) is 197 cm³/mol. The summed E-state index contributed by atoms with van der Waals surface area (Å²) in [5, 5.41) is 37.1. The fourth-order valence-electron chi connectivity index (χ4n) is 6.80. The Morgan fingerprint density at radius 3 is 2.20 bits per heavy atom. The highest BCUT2D eigenvalue weighted by Crippen LogP contribution is 2.33. The van der Waals surface area contributed by atoms with E-state index < -0.39 is 30.5 Å². The highest BCUT2D eigenvalue weighted by molar-refractivity contribution is 7.87. The Labute approximate surface area is 304 Å². The Morgan fingerprint density at radius 2 is 1.51 bits per heavy atom. The lowest BCUT2D eigenvalue weighted by atomic mass is 9.89. The number of likely N-dealkylation sites (N-methyl/N-ethyl adjacent to an activating group) is 1. The van der Waals surface area contributed by atoms with E-state index >= 15 is 0 Å². The first-order valence-corrected chi connectivity index (χ1v) is 19.1. The van der Waals surface area contributed by atoms with Crippen LogP contribution in [0.2, 0.25) is 0 Å². The predicted octanol–water partition coefficient (Wildman–Crippen LogP) is 0.788. The van der Waals surface area contributed by atoms with E-state index in [1.165, 1.54) is 11.2 Å². The number of amides is 3. The molecule has 5 atom stereocenters. The van der Waals surface area contributed by atoms with Crippen LogP contribution < -0.4 is 5.32 Å². The maximum Gasteiger partial charge on any atom is 0.242 e. The summed E-state index contributed by atoms with van der Waals surface area (Å²) >= 11 is 1.27. The average molecular weight is 724 g/mol. The van der Waals surface area contributed by atoms with Gasteiger partial charge in [0.05, 0.1) is 13.1 Å². The number of carbonyl (C=O) groups excluding carboxylic acids is 3. The topological polar surface area (TPSA) is 146 Å². The van der Waals surface area contributed by atoms with Gasteiger partial charge in [-0.1, -0.05) is 47.6 Å². The van der Waals surface area contributed by atoms with Crippen molar-refractivity contribution in [3.63, 3.8) is 0 Å². The number of rotatable bonds is 11. The third kappa shape index (κ3) is 10.6. The van der Waals surface area contributed by atoms with Gasteiger partial charge < -0.3 is 40.1 Å². The molecule has 0 bridgehead atoms. The fraction of sp³-hybridized carbons (Fsp3) is 0.579. The largest absolute Gasteiger partial charge is 0.387 e. The number of aryl methyl sites for hydroxylation is 2. The number of carbonyl (C=O) groups is 3. The van der Waals surface area contributed by atoms with Gasteiger partial charge in [0.2, 0.25) is 17.7 Å². The normalized spacial score (nSPS) is 24.5. The molecule has 0 aliphatic carbocycles. The third-order valence-electron chi connectivity index (χ3n) is 10.2. The molecule has 2 aromatic carbocycles. The summed E-state index contributed by atoms with van der Waals surface area (Å²) in [4.78, 5) is 45.9. The minimum atomic E-state index is -1.34. The van der Waals surface area contributed by atoms with Crippen LogP contribution in [0.15, 0.2) is 42.5 Å². The van der Waals surface area contributed by atoms with E-state index in [0.29, 0.717) is 52.0 Å². The van der Waals surface area contributed by atoms with Crippen molar-refractivity contribution in [3.05, 3.63) is 70.3 Å². The lowest BCUT2D eigenvalue weighted by Gasteiger charge is -2.39. The van der Waals surface area contributed by atoms with E-state index in [1.54, 1.807) is 11.2 Å². The van der Waals surface area contributed by atoms with E-state index in [1.807, 2.05) is 30.0 Å². The van der Waals surface area contributed by atoms with Gasteiger partial charge in [0.15, 0.2) is 0 Å². The van der Waals surface area contributed by atoms with Gasteiger partial charge in [-0.3, -0.25) is 19.3 Å². The van der Waals surface area contributed by atoms with Crippen molar-refractivity contribution < 1.29 is 34.4 Å². The van der Waals surface area contributed by atoms with Crippen LogP contribution in [0.5, 0.6) is 0 Å². The van der Waals surface area contributed by atoms with Crippen molar-refractivity contribution in [3.8, 4) is 5.18 Å². The molecule has 13 heteroatoms. The number of piperazine rings is 2. The first kappa shape index (κ1) is 38.8. The SMILES string of the molecule is CS#CC1O[C@@H](c2ccc(C)c(Cc3ccc(CCCC(=O)NCC(=O)N4CCN(CC(=O)N5CCN(C)CC5)CC4)cc3)c2)[C@H](O)[C@@H](O)[C@@H]1O. The van der Waals surface area contributed by atoms with Gasteiger partial charge in [0.25, 0.3) is 0 Å². The van der Waals surface area contributed by atoms with Gasteiger partial charge in [0.1, 0.15) is 30.5 Å². The molecule has 0 saturated carbocycles. The van der Waals surface area contributed by atoms with Crippen LogP contribution in [-0.4, -0.2) is 156 Å². The van der Waals surface area contributed by atoms with Crippen molar-refractivity contribution in [2.45, 2.75) is 63.1 Å². The van der Waals surface area contributed by atoms with Crippen molar-refractivity contribution in [1.29, 1.82) is 0 Å². The second-order valence-corrected chi connectivity index (χ2v) is 14.6. The zero-order chi connectivity index (χ0) is 36.5. The van der Waals surface area contributed by atoms with Crippen LogP contribution in [0.4, 0.5) is 0 Å². The molecular formula is C38H53N5O7S. The van der Waals surface area contributed by atoms with E-state index in [4.69, 9.17) is 4.74 Å². The number of hydrogen-bond donors (Lipinski definition) is 4. The monoisotopic (exact) mass is 723 g/mol. The average Bonchev–Trinajstić information content (AvgIpc) is 3.13. The summed E-state index contributed by atoms with van der Waals surface area (Å²) < 4.78 is 5.96. The van der Waals surface area contributed by atoms with Crippen LogP contribution in [0, 0.1) is 12.1 Å². The zero-order valence-electron chi connectivity index (χ0n) is 30.0. The lowest BCUT2D eigenvalue weighted by molar-refractivity contribution is -0.209. The standard InChI is InChI=1S/C38H53N5O7S/c1-26-7-12-29(38-37(49)36(48)35(47)31(50-38)25-51-3)22-30(26)21-28-10-8-27(9-11-28)5-4-6-32(44)39-23-33(45)42-19-15-41(16-20-42)24-34(46)43-17-13-40(2)14-18-43/h7-12,22,31,35-38,47-49H,4-6,13-21,23-24H2,1-3H3,(H,39,44)/t31?,35-,36+,37-,38+/m1/s1. The Kier molecular flexibility index (Phi) is 14.0. The number of aliphatic hydroxyl groups excluding tert-OH is 3. The molecule has 3 aliphatic heterocycles. The minimum absolute atomic E-state index is 0.0159. The molecule has 5 rings (SSSR count). The van der Waals surface area contributed by atoms with Gasteiger partial charge in [-0.2, -0.15) is 0 Å². The highest BCUT2D eigenvalue weighted by Gasteiger charge is 2.43. The van der Waals surface area contributed by atoms with Crippen LogP contribution in [0.1, 0.15) is 46.8 Å². The Hall–Kier alpha value is -3.39. The van der Waals surface area contributed by atoms with E-state index in [2.05, 4.69) is 51.6 Å². The molecule has 12 nitrogen and oxygen atoms in total. The molecule has 0 aromatic heterocycles. The highest BCUT2D eigenvalue weighted by atomic mass is 32.1. The molecule has 278 valence electrons. The Balaban J connectivity index is 1.01. The van der Waals surface area contributed by atoms with Crippen molar-refractivity contribution in [2.24, 2.45) is 0 Å². The second-order valence-electron chi connectivity index (χ2n) is 13.9. The first-order valence-electron chi connectivity index (χ1n) is 17.9. The van der Waals surface area contributed by atoms with Crippen LogP contribution in [0.3, 0.4) is 0 Å². The van der Waals surface area contributed by atoms with E-state index in [-0.39, 0.29) is 24.3 Å². The molecule has 3 saturated heterocycles. The number of aliphatic hydroxyl groups is 3. The fourth-order valence-corrected chi connectivity index (χ4v) is 7.23. The third-order valence-corrected chi connectivity index (χ3v) is 10.7. The van der Waals surface area contributed by atoms with Crippen molar-refractivity contribution in [2.75, 3.05) is 78.8 Å². The molecule has 3 heterocycles. The van der Waals surface area contributed by atoms with Crippen molar-refractivity contribution in [1.82, 2.24) is 24.9 Å². The summed E-state index contributed by atoms with van der Waals surface area (Å²) in [5.41, 5.74) is 5.12. The van der Waals surface area contributed by atoms with Gasteiger partial charge in [-0.05, 0) is 61.1 Å². The quantitative estimate of drug-likeness (QED) is 0.265. The summed E-state index contributed by atoms with van der Waals surface area (Å²) in [6.45, 7) is 8.12. The summed E-state index contributed by atoms with van der Waals surface area (Å²) in [7, 11) is 2.07. The van der Waals surface area contributed by atoms with E-state index in [9.17, 15) is 29.7 Å². The Morgan fingerprint density at radius 1 is 0.863 bits per heavy atom. The maximum atomic E-state index is 12.7. The van der Waals surface area contributed by atoms with Crippen LogP contribution in [0.25, 0.3) is 0 Å². The number of ether oxygens (including phenoxy) is 1. The number of benzene rings is 2. The number of nitrogens with zero attached hydrogens (tertiary/aromatic N) is 4. The molecule has 51 heavy (non-hydrogen) atoms.